The zero-order valence-corrected chi connectivity index (χ0v) is 9.14. The predicted molar refractivity (Wildman–Crippen MR) is 58.7 cm³/mol. The molecule has 1 unspecified atom stereocenters. The molecular formula is C11H22N2. The van der Waals surface area contributed by atoms with Gasteiger partial charge in [-0.05, 0) is 47.0 Å². The number of nitrogens with one attached hydrogen (secondary N) is 1. The van der Waals surface area contributed by atoms with Gasteiger partial charge in [-0.25, -0.2) is 0 Å². The monoisotopic (exact) mass is 182 g/mol. The van der Waals surface area contributed by atoms with Crippen molar-refractivity contribution in [3.63, 3.8) is 0 Å². The SMILES string of the molecule is C#CCCCNC(C)CCN(C)C. The first kappa shape index (κ1) is 12.5. The molecule has 2 nitrogen and oxygen atoms in total. The van der Waals surface area contributed by atoms with Crippen LogP contribution in [0.2, 0.25) is 0 Å². The third-order valence-corrected chi connectivity index (χ3v) is 2.00. The molecule has 0 aromatic rings. The van der Waals surface area contributed by atoms with Crippen molar-refractivity contribution in [2.75, 3.05) is 27.2 Å². The van der Waals surface area contributed by atoms with Gasteiger partial charge < -0.3 is 10.2 Å². The van der Waals surface area contributed by atoms with Crippen molar-refractivity contribution in [2.24, 2.45) is 0 Å². The van der Waals surface area contributed by atoms with Crippen LogP contribution in [-0.4, -0.2) is 38.1 Å². The number of nitrogens with zero attached hydrogens (tertiary/aromatic N) is 1. The quantitative estimate of drug-likeness (QED) is 0.472. The number of hydrogen-bond acceptors (Lipinski definition) is 2. The summed E-state index contributed by atoms with van der Waals surface area (Å²) < 4.78 is 0. The molecule has 13 heavy (non-hydrogen) atoms. The highest BCUT2D eigenvalue weighted by Gasteiger charge is 2.00. The Morgan fingerprint density at radius 2 is 2.15 bits per heavy atom. The lowest BCUT2D eigenvalue weighted by Gasteiger charge is -2.16. The van der Waals surface area contributed by atoms with E-state index >= 15 is 0 Å². The van der Waals surface area contributed by atoms with Crippen molar-refractivity contribution in [3.8, 4) is 12.3 Å². The molecule has 0 saturated heterocycles. The fourth-order valence-corrected chi connectivity index (χ4v) is 1.09. The van der Waals surface area contributed by atoms with Crippen LogP contribution < -0.4 is 5.32 Å². The molecule has 0 fully saturated rings. The molecule has 0 rings (SSSR count). The molecule has 76 valence electrons. The Bertz CT molecular complexity index is 147. The van der Waals surface area contributed by atoms with E-state index in [2.05, 4.69) is 37.2 Å². The molecule has 2 heteroatoms. The maximum Gasteiger partial charge on any atom is 0.00981 e. The number of hydrogen-bond donors (Lipinski definition) is 1. The van der Waals surface area contributed by atoms with Gasteiger partial charge in [-0.15, -0.1) is 12.3 Å². The van der Waals surface area contributed by atoms with Crippen LogP contribution >= 0.6 is 0 Å². The molecule has 0 heterocycles. The van der Waals surface area contributed by atoms with Gasteiger partial charge in [-0.3, -0.25) is 0 Å². The first-order valence-electron chi connectivity index (χ1n) is 4.98. The minimum Gasteiger partial charge on any atom is -0.314 e. The van der Waals surface area contributed by atoms with E-state index in [0.717, 1.165) is 25.9 Å². The van der Waals surface area contributed by atoms with Crippen molar-refractivity contribution >= 4 is 0 Å². The standard InChI is InChI=1S/C11H22N2/c1-5-6-7-9-12-11(2)8-10-13(3)4/h1,11-12H,6-10H2,2-4H3. The van der Waals surface area contributed by atoms with Crippen molar-refractivity contribution < 1.29 is 0 Å². The number of rotatable bonds is 7. The molecule has 1 N–H and O–H groups in total. The van der Waals surface area contributed by atoms with Gasteiger partial charge in [0.05, 0.1) is 0 Å². The molecule has 0 amide bonds. The summed E-state index contributed by atoms with van der Waals surface area (Å²) in [6.07, 6.45) is 8.33. The second-order valence-corrected chi connectivity index (χ2v) is 3.75. The van der Waals surface area contributed by atoms with E-state index in [1.54, 1.807) is 0 Å². The topological polar surface area (TPSA) is 15.3 Å². The summed E-state index contributed by atoms with van der Waals surface area (Å²) in [4.78, 5) is 2.21. The molecule has 0 bridgehead atoms. The van der Waals surface area contributed by atoms with E-state index in [9.17, 15) is 0 Å². The van der Waals surface area contributed by atoms with Crippen LogP contribution in [0, 0.1) is 12.3 Å². The average molecular weight is 182 g/mol. The highest BCUT2D eigenvalue weighted by molar-refractivity contribution is 4.83. The maximum absolute atomic E-state index is 5.16. The Hall–Kier alpha value is -0.520. The van der Waals surface area contributed by atoms with Crippen LogP contribution in [0.3, 0.4) is 0 Å². The first-order chi connectivity index (χ1) is 6.16. The molecule has 0 radical (unpaired) electrons. The van der Waals surface area contributed by atoms with Gasteiger partial charge in [0.1, 0.15) is 0 Å². The number of terminal acetylenes is 1. The second kappa shape index (κ2) is 8.10. The second-order valence-electron chi connectivity index (χ2n) is 3.75. The van der Waals surface area contributed by atoms with Crippen LogP contribution in [0.4, 0.5) is 0 Å². The molecular weight excluding hydrogens is 160 g/mol. The highest BCUT2D eigenvalue weighted by atomic mass is 15.1. The largest absolute Gasteiger partial charge is 0.314 e. The zero-order valence-electron chi connectivity index (χ0n) is 9.14. The molecule has 0 aromatic carbocycles. The lowest BCUT2D eigenvalue weighted by Crippen LogP contribution is -2.30. The minimum atomic E-state index is 0.597. The third-order valence-electron chi connectivity index (χ3n) is 2.00. The van der Waals surface area contributed by atoms with Crippen LogP contribution in [-0.2, 0) is 0 Å². The Morgan fingerprint density at radius 3 is 2.69 bits per heavy atom. The summed E-state index contributed by atoms with van der Waals surface area (Å²) in [5.41, 5.74) is 0. The van der Waals surface area contributed by atoms with Crippen LogP contribution in [0.15, 0.2) is 0 Å². The van der Waals surface area contributed by atoms with Crippen LogP contribution in [0.5, 0.6) is 0 Å². The van der Waals surface area contributed by atoms with Gasteiger partial charge >= 0.3 is 0 Å². The highest BCUT2D eigenvalue weighted by Crippen LogP contribution is 1.93. The molecule has 0 aliphatic rings. The summed E-state index contributed by atoms with van der Waals surface area (Å²) >= 11 is 0. The van der Waals surface area contributed by atoms with Crippen molar-refractivity contribution in [1.29, 1.82) is 0 Å². The van der Waals surface area contributed by atoms with Crippen molar-refractivity contribution in [1.82, 2.24) is 10.2 Å². The number of unbranched alkanes of at least 4 members (excludes halogenated alkanes) is 1. The molecule has 0 saturated carbocycles. The molecule has 0 spiro atoms. The molecule has 0 aromatic heterocycles. The summed E-state index contributed by atoms with van der Waals surface area (Å²) in [5, 5.41) is 3.45. The fourth-order valence-electron chi connectivity index (χ4n) is 1.09. The van der Waals surface area contributed by atoms with E-state index in [4.69, 9.17) is 6.42 Å². The minimum absolute atomic E-state index is 0.597. The van der Waals surface area contributed by atoms with Gasteiger partial charge in [-0.2, -0.15) is 0 Å². The summed E-state index contributed by atoms with van der Waals surface area (Å²) in [6.45, 7) is 4.40. The Labute approximate surface area is 82.7 Å². The van der Waals surface area contributed by atoms with Crippen molar-refractivity contribution in [2.45, 2.75) is 32.2 Å². The normalized spacial score (nSPS) is 12.8. The van der Waals surface area contributed by atoms with E-state index < -0.39 is 0 Å². The maximum atomic E-state index is 5.16. The molecule has 1 atom stereocenters. The molecule has 0 aliphatic carbocycles. The van der Waals surface area contributed by atoms with E-state index in [0.29, 0.717) is 6.04 Å². The van der Waals surface area contributed by atoms with Gasteiger partial charge in [-0.1, -0.05) is 0 Å². The predicted octanol–water partition coefficient (Wildman–Crippen LogP) is 1.33. The van der Waals surface area contributed by atoms with Gasteiger partial charge in [0.15, 0.2) is 0 Å². The Morgan fingerprint density at radius 1 is 1.46 bits per heavy atom. The van der Waals surface area contributed by atoms with Crippen LogP contribution in [0.25, 0.3) is 0 Å². The third kappa shape index (κ3) is 9.39. The van der Waals surface area contributed by atoms with Gasteiger partial charge in [0, 0.05) is 12.5 Å². The Kier molecular flexibility index (Phi) is 7.77. The average Bonchev–Trinajstić information content (AvgIpc) is 2.09. The smallest absolute Gasteiger partial charge is 0.00981 e. The lowest BCUT2D eigenvalue weighted by molar-refractivity contribution is 0.366. The van der Waals surface area contributed by atoms with E-state index in [-0.39, 0.29) is 0 Å². The van der Waals surface area contributed by atoms with E-state index in [1.807, 2.05) is 0 Å². The van der Waals surface area contributed by atoms with Gasteiger partial charge in [0.2, 0.25) is 0 Å². The Balaban J connectivity index is 3.21. The van der Waals surface area contributed by atoms with Crippen molar-refractivity contribution in [3.05, 3.63) is 0 Å². The first-order valence-corrected chi connectivity index (χ1v) is 4.98. The fraction of sp³-hybridized carbons (Fsp3) is 0.818. The van der Waals surface area contributed by atoms with Crippen LogP contribution in [0.1, 0.15) is 26.2 Å². The lowest BCUT2D eigenvalue weighted by atomic mass is 10.2. The van der Waals surface area contributed by atoms with E-state index in [1.165, 1.54) is 6.42 Å². The summed E-state index contributed by atoms with van der Waals surface area (Å²) in [5.74, 6) is 2.64. The molecule has 0 aliphatic heterocycles. The summed E-state index contributed by atoms with van der Waals surface area (Å²) in [6, 6.07) is 0.597. The summed E-state index contributed by atoms with van der Waals surface area (Å²) in [7, 11) is 4.20. The zero-order chi connectivity index (χ0) is 10.1. The van der Waals surface area contributed by atoms with Gasteiger partial charge in [0.25, 0.3) is 0 Å².